The van der Waals surface area contributed by atoms with Crippen molar-refractivity contribution in [1.82, 2.24) is 9.97 Å². The molecule has 2 aromatic carbocycles. The first-order chi connectivity index (χ1) is 17.9. The van der Waals surface area contributed by atoms with E-state index in [0.29, 0.717) is 22.2 Å². The first-order valence-electron chi connectivity index (χ1n) is 11.1. The van der Waals surface area contributed by atoms with E-state index in [-0.39, 0.29) is 22.7 Å². The molecule has 0 bridgehead atoms. The average molecular weight is 532 g/mol. The van der Waals surface area contributed by atoms with E-state index in [1.54, 1.807) is 48.8 Å². The summed E-state index contributed by atoms with van der Waals surface area (Å²) >= 11 is 1.52. The maximum absolute atomic E-state index is 14.1. The Kier molecular flexibility index (Phi) is 6.60. The van der Waals surface area contributed by atoms with Crippen LogP contribution in [-0.2, 0) is 16.6 Å². The van der Waals surface area contributed by atoms with Gasteiger partial charge in [0, 0.05) is 34.4 Å². The molecule has 0 amide bonds. The Balaban J connectivity index is 1.80. The van der Waals surface area contributed by atoms with Crippen LogP contribution in [0, 0.1) is 0 Å². The first kappa shape index (κ1) is 24.4. The number of benzene rings is 2. The van der Waals surface area contributed by atoms with Gasteiger partial charge in [0.15, 0.2) is 0 Å². The maximum atomic E-state index is 14.1. The summed E-state index contributed by atoms with van der Waals surface area (Å²) in [4.78, 5) is 21.9. The van der Waals surface area contributed by atoms with E-state index < -0.39 is 16.0 Å². The Morgan fingerprint density at radius 2 is 1.84 bits per heavy atom. The van der Waals surface area contributed by atoms with Crippen LogP contribution in [-0.4, -0.2) is 36.6 Å². The minimum absolute atomic E-state index is 0.00657. The molecule has 8 nitrogen and oxygen atoms in total. The van der Waals surface area contributed by atoms with E-state index in [4.69, 9.17) is 4.74 Å². The summed E-state index contributed by atoms with van der Waals surface area (Å²) < 4.78 is 34.5. The van der Waals surface area contributed by atoms with Crippen LogP contribution in [0.25, 0.3) is 21.3 Å². The van der Waals surface area contributed by atoms with Gasteiger partial charge in [-0.25, -0.2) is 13.2 Å². The highest BCUT2D eigenvalue weighted by molar-refractivity contribution is 7.92. The number of rotatable bonds is 8. The maximum Gasteiger partial charge on any atom is 0.339 e. The van der Waals surface area contributed by atoms with Crippen molar-refractivity contribution in [2.24, 2.45) is 0 Å². The van der Waals surface area contributed by atoms with Crippen LogP contribution >= 0.6 is 11.3 Å². The zero-order chi connectivity index (χ0) is 26.0. The summed E-state index contributed by atoms with van der Waals surface area (Å²) in [6.45, 7) is -0.134. The van der Waals surface area contributed by atoms with Gasteiger partial charge in [-0.05, 0) is 47.3 Å². The Hall–Kier alpha value is -4.28. The number of nitrogens with zero attached hydrogens (tertiary/aromatic N) is 3. The molecule has 0 aliphatic rings. The molecule has 0 saturated carbocycles. The summed E-state index contributed by atoms with van der Waals surface area (Å²) in [5, 5.41) is 12.5. The van der Waals surface area contributed by atoms with Gasteiger partial charge in [0.1, 0.15) is 11.3 Å². The number of thiophene rings is 1. The summed E-state index contributed by atoms with van der Waals surface area (Å²) in [7, 11) is -2.74. The smallest absolute Gasteiger partial charge is 0.339 e. The number of para-hydroxylation sites is 1. The predicted octanol–water partition coefficient (Wildman–Crippen LogP) is 5.46. The third-order valence-electron chi connectivity index (χ3n) is 5.83. The van der Waals surface area contributed by atoms with Gasteiger partial charge in [0.05, 0.1) is 29.8 Å². The highest BCUT2D eigenvalue weighted by atomic mass is 32.2. The molecule has 0 saturated heterocycles. The predicted molar refractivity (Wildman–Crippen MR) is 143 cm³/mol. The van der Waals surface area contributed by atoms with Crippen molar-refractivity contribution in [2.45, 2.75) is 11.4 Å². The van der Waals surface area contributed by atoms with Gasteiger partial charge in [0.25, 0.3) is 10.0 Å². The summed E-state index contributed by atoms with van der Waals surface area (Å²) in [6.07, 6.45) is 4.36. The number of carboxylic acids is 1. The molecule has 3 aromatic heterocycles. The molecule has 0 radical (unpaired) electrons. The van der Waals surface area contributed by atoms with Crippen LogP contribution < -0.4 is 9.04 Å². The number of anilines is 1. The fourth-order valence-electron chi connectivity index (χ4n) is 4.08. The molecular weight excluding hydrogens is 510 g/mol. The van der Waals surface area contributed by atoms with Gasteiger partial charge in [-0.2, -0.15) is 0 Å². The van der Waals surface area contributed by atoms with Gasteiger partial charge < -0.3 is 9.84 Å². The average Bonchev–Trinajstić information content (AvgIpc) is 3.46. The van der Waals surface area contributed by atoms with Gasteiger partial charge in [-0.1, -0.05) is 30.3 Å². The molecule has 0 aliphatic heterocycles. The number of carboxylic acid groups (broad SMARTS) is 1. The fourth-order valence-corrected chi connectivity index (χ4v) is 6.32. The molecule has 3 heterocycles. The lowest BCUT2D eigenvalue weighted by Gasteiger charge is -2.27. The molecule has 0 spiro atoms. The van der Waals surface area contributed by atoms with Crippen LogP contribution in [0.3, 0.4) is 0 Å². The van der Waals surface area contributed by atoms with E-state index in [0.717, 1.165) is 14.7 Å². The van der Waals surface area contributed by atoms with Crippen LogP contribution in [0.15, 0.2) is 95.6 Å². The van der Waals surface area contributed by atoms with Crippen LogP contribution in [0.1, 0.15) is 15.9 Å². The number of aromatic carboxylic acids is 1. The normalized spacial score (nSPS) is 11.4. The number of carbonyl (C=O) groups is 1. The number of fused-ring (bicyclic) bond motifs is 1. The Morgan fingerprint density at radius 3 is 2.49 bits per heavy atom. The number of ether oxygens (including phenoxy) is 1. The number of methoxy groups -OCH3 is 1. The zero-order valence-corrected chi connectivity index (χ0v) is 21.2. The fraction of sp³-hybridized carbons (Fsp3) is 0.0741. The van der Waals surface area contributed by atoms with Crippen molar-refractivity contribution >= 4 is 43.9 Å². The second-order valence-electron chi connectivity index (χ2n) is 8.05. The monoisotopic (exact) mass is 531 g/mol. The lowest BCUT2D eigenvalue weighted by molar-refractivity contribution is 0.0697. The summed E-state index contributed by atoms with van der Waals surface area (Å²) in [5.74, 6) is -0.786. The van der Waals surface area contributed by atoms with E-state index in [1.807, 2.05) is 23.6 Å². The van der Waals surface area contributed by atoms with Crippen LogP contribution in [0.5, 0.6) is 5.75 Å². The number of hydrogen-bond donors (Lipinski definition) is 1. The second kappa shape index (κ2) is 10.00. The molecule has 0 unspecified atom stereocenters. The topological polar surface area (TPSA) is 110 Å². The molecule has 37 heavy (non-hydrogen) atoms. The number of sulfonamides is 1. The quantitative estimate of drug-likeness (QED) is 0.283. The lowest BCUT2D eigenvalue weighted by atomic mass is 10.0. The Morgan fingerprint density at radius 1 is 1.03 bits per heavy atom. The molecule has 5 aromatic rings. The second-order valence-corrected chi connectivity index (χ2v) is 10.9. The van der Waals surface area contributed by atoms with Gasteiger partial charge in [-0.3, -0.25) is 14.3 Å². The minimum atomic E-state index is -4.23. The van der Waals surface area contributed by atoms with Crippen molar-refractivity contribution in [1.29, 1.82) is 0 Å². The lowest BCUT2D eigenvalue weighted by Crippen LogP contribution is -2.32. The summed E-state index contributed by atoms with van der Waals surface area (Å²) in [5.41, 5.74) is 1.70. The number of hydrogen-bond acceptors (Lipinski definition) is 7. The van der Waals surface area contributed by atoms with Gasteiger partial charge in [0.2, 0.25) is 0 Å². The van der Waals surface area contributed by atoms with Crippen molar-refractivity contribution in [3.63, 3.8) is 0 Å². The third kappa shape index (κ3) is 4.64. The standard InChI is InChI=1S/C27H21N3O5S2/c1-35-19-9-11-20(12-10-19)37(33,34)30(17-18-5-3-13-28-15-18)26-22-7-2-6-21(24-8-4-14-36-24)25(22)29-16-23(26)27(31)32/h2-16H,17H2,1H3,(H,31,32). The first-order valence-corrected chi connectivity index (χ1v) is 13.5. The summed E-state index contributed by atoms with van der Waals surface area (Å²) in [6, 6.07) is 18.6. The van der Waals surface area contributed by atoms with E-state index in [1.165, 1.54) is 36.8 Å². The number of pyridine rings is 2. The SMILES string of the molecule is COc1ccc(S(=O)(=O)N(Cc2cccnc2)c2c(C(=O)O)cnc3c(-c4cccs4)cccc23)cc1. The minimum Gasteiger partial charge on any atom is -0.497 e. The molecule has 186 valence electrons. The molecule has 0 fully saturated rings. The molecule has 1 N–H and O–H groups in total. The van der Waals surface area contributed by atoms with Crippen molar-refractivity contribution < 1.29 is 23.1 Å². The highest BCUT2D eigenvalue weighted by Gasteiger charge is 2.31. The van der Waals surface area contributed by atoms with Crippen molar-refractivity contribution in [3.05, 3.63) is 102 Å². The molecule has 0 atom stereocenters. The molecule has 10 heteroatoms. The van der Waals surface area contributed by atoms with Crippen LogP contribution in [0.4, 0.5) is 5.69 Å². The highest BCUT2D eigenvalue weighted by Crippen LogP contribution is 2.39. The third-order valence-corrected chi connectivity index (χ3v) is 8.49. The van der Waals surface area contributed by atoms with Gasteiger partial charge >= 0.3 is 5.97 Å². The van der Waals surface area contributed by atoms with E-state index >= 15 is 0 Å². The van der Waals surface area contributed by atoms with Gasteiger partial charge in [-0.15, -0.1) is 11.3 Å². The molecule has 5 rings (SSSR count). The van der Waals surface area contributed by atoms with Crippen LogP contribution in [0.2, 0.25) is 0 Å². The largest absolute Gasteiger partial charge is 0.497 e. The number of aromatic nitrogens is 2. The Labute approximate surface area is 217 Å². The van der Waals surface area contributed by atoms with E-state index in [9.17, 15) is 18.3 Å². The molecule has 0 aliphatic carbocycles. The van der Waals surface area contributed by atoms with E-state index in [2.05, 4.69) is 9.97 Å². The molecular formula is C27H21N3O5S2. The van der Waals surface area contributed by atoms with Crippen molar-refractivity contribution in [3.8, 4) is 16.2 Å². The Bertz CT molecular complexity index is 1670. The zero-order valence-electron chi connectivity index (χ0n) is 19.6. The van der Waals surface area contributed by atoms with Crippen molar-refractivity contribution in [2.75, 3.05) is 11.4 Å².